The molecular formula is C11H10F2N2O3S. The van der Waals surface area contributed by atoms with E-state index in [-0.39, 0.29) is 17.2 Å². The second-order valence-corrected chi connectivity index (χ2v) is 4.48. The molecule has 0 aliphatic rings. The SMILES string of the molecule is Cn1cncc1COC(=O)c1sccc1OC(F)F. The predicted octanol–water partition coefficient (Wildman–Crippen LogP) is 2.44. The summed E-state index contributed by atoms with van der Waals surface area (Å²) in [5, 5.41) is 1.48. The lowest BCUT2D eigenvalue weighted by atomic mass is 10.4. The van der Waals surface area contributed by atoms with Gasteiger partial charge in [-0.15, -0.1) is 11.3 Å². The standard InChI is InChI=1S/C11H10F2N2O3S/c1-15-6-14-4-7(15)5-17-10(16)9-8(2-3-19-9)18-11(12)13/h2-4,6,11H,5H2,1H3. The molecule has 2 aromatic heterocycles. The zero-order valence-corrected chi connectivity index (χ0v) is 10.7. The van der Waals surface area contributed by atoms with E-state index in [1.165, 1.54) is 11.4 Å². The van der Waals surface area contributed by atoms with Crippen LogP contribution in [0.25, 0.3) is 0 Å². The molecule has 0 unspecified atom stereocenters. The fourth-order valence-electron chi connectivity index (χ4n) is 1.36. The number of esters is 1. The summed E-state index contributed by atoms with van der Waals surface area (Å²) >= 11 is 0.986. The highest BCUT2D eigenvalue weighted by atomic mass is 32.1. The first-order valence-corrected chi connectivity index (χ1v) is 6.10. The van der Waals surface area contributed by atoms with E-state index >= 15 is 0 Å². The van der Waals surface area contributed by atoms with Crippen molar-refractivity contribution in [3.63, 3.8) is 0 Å². The van der Waals surface area contributed by atoms with Crippen molar-refractivity contribution < 1.29 is 23.0 Å². The number of rotatable bonds is 5. The van der Waals surface area contributed by atoms with Gasteiger partial charge >= 0.3 is 12.6 Å². The van der Waals surface area contributed by atoms with Crippen molar-refractivity contribution in [1.29, 1.82) is 0 Å². The Morgan fingerprint density at radius 3 is 3.00 bits per heavy atom. The molecule has 2 heterocycles. The average Bonchev–Trinajstić information content (AvgIpc) is 2.95. The lowest BCUT2D eigenvalue weighted by Gasteiger charge is -2.06. The Hall–Kier alpha value is -1.96. The van der Waals surface area contributed by atoms with E-state index in [1.807, 2.05) is 0 Å². The van der Waals surface area contributed by atoms with Crippen LogP contribution in [0.1, 0.15) is 15.4 Å². The van der Waals surface area contributed by atoms with Crippen LogP contribution in [-0.4, -0.2) is 22.1 Å². The molecule has 8 heteroatoms. The Kier molecular flexibility index (Phi) is 4.10. The smallest absolute Gasteiger partial charge is 0.387 e. The molecule has 0 aromatic carbocycles. The van der Waals surface area contributed by atoms with Crippen LogP contribution in [0.2, 0.25) is 0 Å². The number of halogens is 2. The Bertz CT molecular complexity index is 568. The summed E-state index contributed by atoms with van der Waals surface area (Å²) in [6, 6.07) is 1.30. The molecule has 0 radical (unpaired) electrons. The topological polar surface area (TPSA) is 53.4 Å². The van der Waals surface area contributed by atoms with Crippen molar-refractivity contribution in [2.75, 3.05) is 0 Å². The van der Waals surface area contributed by atoms with Gasteiger partial charge < -0.3 is 14.0 Å². The Balaban J connectivity index is 2.00. The molecule has 2 aromatic rings. The fourth-order valence-corrected chi connectivity index (χ4v) is 2.08. The first-order chi connectivity index (χ1) is 9.08. The van der Waals surface area contributed by atoms with Crippen LogP contribution in [0.4, 0.5) is 8.78 Å². The summed E-state index contributed by atoms with van der Waals surface area (Å²) in [6.45, 7) is -2.96. The molecule has 102 valence electrons. The van der Waals surface area contributed by atoms with Crippen LogP contribution in [0, 0.1) is 0 Å². The number of aromatic nitrogens is 2. The van der Waals surface area contributed by atoms with Gasteiger partial charge in [-0.2, -0.15) is 8.78 Å². The maximum absolute atomic E-state index is 12.1. The number of nitrogens with zero attached hydrogens (tertiary/aromatic N) is 2. The number of ether oxygens (including phenoxy) is 2. The monoisotopic (exact) mass is 288 g/mol. The number of imidazole rings is 1. The second kappa shape index (κ2) is 5.79. The number of hydrogen-bond donors (Lipinski definition) is 0. The third-order valence-corrected chi connectivity index (χ3v) is 3.17. The summed E-state index contributed by atoms with van der Waals surface area (Å²) in [7, 11) is 1.76. The molecule has 0 atom stereocenters. The van der Waals surface area contributed by atoms with Gasteiger partial charge in [0.15, 0.2) is 10.6 Å². The van der Waals surface area contributed by atoms with E-state index in [9.17, 15) is 13.6 Å². The maximum atomic E-state index is 12.1. The molecule has 0 fully saturated rings. The normalized spacial score (nSPS) is 10.7. The summed E-state index contributed by atoms with van der Waals surface area (Å²) in [4.78, 5) is 15.6. The number of carbonyl (C=O) groups excluding carboxylic acids is 1. The molecule has 0 spiro atoms. The van der Waals surface area contributed by atoms with Crippen LogP contribution >= 0.6 is 11.3 Å². The van der Waals surface area contributed by atoms with Gasteiger partial charge in [0.1, 0.15) is 6.61 Å². The summed E-state index contributed by atoms with van der Waals surface area (Å²) in [5.41, 5.74) is 0.696. The van der Waals surface area contributed by atoms with Gasteiger partial charge in [-0.3, -0.25) is 0 Å². The van der Waals surface area contributed by atoms with Crippen LogP contribution in [0.5, 0.6) is 5.75 Å². The largest absolute Gasteiger partial charge is 0.455 e. The van der Waals surface area contributed by atoms with Crippen LogP contribution in [0.3, 0.4) is 0 Å². The molecular weight excluding hydrogens is 278 g/mol. The van der Waals surface area contributed by atoms with Crippen molar-refractivity contribution >= 4 is 17.3 Å². The van der Waals surface area contributed by atoms with E-state index in [0.29, 0.717) is 5.69 Å². The molecule has 2 rings (SSSR count). The van der Waals surface area contributed by atoms with Crippen LogP contribution < -0.4 is 4.74 Å². The number of hydrogen-bond acceptors (Lipinski definition) is 5. The molecule has 0 saturated carbocycles. The first-order valence-electron chi connectivity index (χ1n) is 5.22. The van der Waals surface area contributed by atoms with Crippen LogP contribution in [0.15, 0.2) is 24.0 Å². The third kappa shape index (κ3) is 3.28. The number of alkyl halides is 2. The highest BCUT2D eigenvalue weighted by molar-refractivity contribution is 7.12. The number of thiophene rings is 1. The molecule has 0 amide bonds. The van der Waals surface area contributed by atoms with Gasteiger partial charge in [-0.05, 0) is 11.4 Å². The van der Waals surface area contributed by atoms with E-state index in [2.05, 4.69) is 9.72 Å². The number of aryl methyl sites for hydroxylation is 1. The minimum Gasteiger partial charge on any atom is -0.455 e. The minimum atomic E-state index is -2.97. The maximum Gasteiger partial charge on any atom is 0.387 e. The zero-order valence-electron chi connectivity index (χ0n) is 9.88. The first kappa shape index (κ1) is 13.5. The van der Waals surface area contributed by atoms with Gasteiger partial charge in [0.05, 0.1) is 18.2 Å². The lowest BCUT2D eigenvalue weighted by molar-refractivity contribution is -0.0501. The predicted molar refractivity (Wildman–Crippen MR) is 63.3 cm³/mol. The van der Waals surface area contributed by atoms with Crippen LogP contribution in [-0.2, 0) is 18.4 Å². The third-order valence-electron chi connectivity index (χ3n) is 2.30. The molecule has 0 aliphatic heterocycles. The number of carbonyl (C=O) groups is 1. The van der Waals surface area contributed by atoms with E-state index in [4.69, 9.17) is 4.74 Å². The van der Waals surface area contributed by atoms with E-state index in [0.717, 1.165) is 11.3 Å². The van der Waals surface area contributed by atoms with Crippen molar-refractivity contribution in [2.24, 2.45) is 7.05 Å². The van der Waals surface area contributed by atoms with Gasteiger partial charge in [-0.1, -0.05) is 0 Å². The molecule has 0 saturated heterocycles. The zero-order chi connectivity index (χ0) is 13.8. The molecule has 0 aliphatic carbocycles. The Morgan fingerprint density at radius 2 is 2.37 bits per heavy atom. The van der Waals surface area contributed by atoms with Crippen molar-refractivity contribution in [2.45, 2.75) is 13.2 Å². The van der Waals surface area contributed by atoms with Gasteiger partial charge in [-0.25, -0.2) is 9.78 Å². The van der Waals surface area contributed by atoms with Gasteiger partial charge in [0.25, 0.3) is 0 Å². The summed E-state index contributed by atoms with van der Waals surface area (Å²) < 4.78 is 35.2. The fraction of sp³-hybridized carbons (Fsp3) is 0.273. The van der Waals surface area contributed by atoms with Crippen molar-refractivity contribution in [3.8, 4) is 5.75 Å². The lowest BCUT2D eigenvalue weighted by Crippen LogP contribution is -2.09. The molecule has 19 heavy (non-hydrogen) atoms. The van der Waals surface area contributed by atoms with Crippen molar-refractivity contribution in [1.82, 2.24) is 9.55 Å². The van der Waals surface area contributed by atoms with Gasteiger partial charge in [0, 0.05) is 7.05 Å². The quantitative estimate of drug-likeness (QED) is 0.793. The highest BCUT2D eigenvalue weighted by Gasteiger charge is 2.19. The second-order valence-electron chi connectivity index (χ2n) is 3.56. The molecule has 5 nitrogen and oxygen atoms in total. The Morgan fingerprint density at radius 1 is 1.58 bits per heavy atom. The van der Waals surface area contributed by atoms with E-state index < -0.39 is 12.6 Å². The molecule has 0 bridgehead atoms. The highest BCUT2D eigenvalue weighted by Crippen LogP contribution is 2.27. The van der Waals surface area contributed by atoms with Gasteiger partial charge in [0.2, 0.25) is 0 Å². The Labute approximate surface area is 111 Å². The molecule has 0 N–H and O–H groups in total. The van der Waals surface area contributed by atoms with E-state index in [1.54, 1.807) is 24.1 Å². The average molecular weight is 288 g/mol. The van der Waals surface area contributed by atoms with Crippen molar-refractivity contribution in [3.05, 3.63) is 34.5 Å². The summed E-state index contributed by atoms with van der Waals surface area (Å²) in [5.74, 6) is -0.873. The minimum absolute atomic E-state index is 0.0152. The summed E-state index contributed by atoms with van der Waals surface area (Å²) in [6.07, 6.45) is 3.12.